The highest BCUT2D eigenvalue weighted by Crippen LogP contribution is 1.91. The van der Waals surface area contributed by atoms with E-state index in [1.165, 1.54) is 0 Å². The van der Waals surface area contributed by atoms with Crippen LogP contribution < -0.4 is 0 Å². The van der Waals surface area contributed by atoms with Crippen LogP contribution in [-0.2, 0) is 23.7 Å². The third-order valence-electron chi connectivity index (χ3n) is 1.95. The fourth-order valence-corrected chi connectivity index (χ4v) is 1.01. The summed E-state index contributed by atoms with van der Waals surface area (Å²) < 4.78 is 20.4. The maximum Gasteiger partial charge on any atom is 0.333 e. The Labute approximate surface area is 118 Å². The summed E-state index contributed by atoms with van der Waals surface area (Å²) in [5, 5.41) is 3.32. The minimum Gasteiger partial charge on any atom is -0.460 e. The van der Waals surface area contributed by atoms with Crippen LogP contribution in [0.15, 0.2) is 17.3 Å². The summed E-state index contributed by atoms with van der Waals surface area (Å²) in [4.78, 5) is 13.6. The standard InChI is InChI=1S/C12H21N3O5/c1-11(2)12(16)20-10-9-19-8-7-18-6-5-17-4-3-14-15-13/h1,3-10H2,2H3. The third-order valence-corrected chi connectivity index (χ3v) is 1.95. The van der Waals surface area contributed by atoms with Gasteiger partial charge in [-0.05, 0) is 12.5 Å². The molecule has 0 fully saturated rings. The largest absolute Gasteiger partial charge is 0.460 e. The van der Waals surface area contributed by atoms with Crippen LogP contribution in [0.25, 0.3) is 10.4 Å². The number of hydrogen-bond donors (Lipinski definition) is 0. The Kier molecular flexibility index (Phi) is 12.7. The molecule has 0 aromatic heterocycles. The molecule has 0 aliphatic heterocycles. The number of rotatable bonds is 13. The molecule has 0 spiro atoms. The van der Waals surface area contributed by atoms with Gasteiger partial charge < -0.3 is 18.9 Å². The van der Waals surface area contributed by atoms with Crippen molar-refractivity contribution in [2.24, 2.45) is 5.11 Å². The highest BCUT2D eigenvalue weighted by Gasteiger charge is 2.01. The van der Waals surface area contributed by atoms with Gasteiger partial charge in [0.1, 0.15) is 6.61 Å². The van der Waals surface area contributed by atoms with Crippen LogP contribution in [0.2, 0.25) is 0 Å². The normalized spacial score (nSPS) is 9.85. The molecule has 0 heterocycles. The van der Waals surface area contributed by atoms with Gasteiger partial charge in [0.2, 0.25) is 0 Å². The molecule has 0 bridgehead atoms. The van der Waals surface area contributed by atoms with Gasteiger partial charge in [-0.1, -0.05) is 11.7 Å². The first kappa shape index (κ1) is 18.4. The maximum atomic E-state index is 11.0. The van der Waals surface area contributed by atoms with E-state index in [-0.39, 0.29) is 6.61 Å². The predicted octanol–water partition coefficient (Wildman–Crippen LogP) is 1.47. The summed E-state index contributed by atoms with van der Waals surface area (Å²) in [5.74, 6) is -0.414. The quantitative estimate of drug-likeness (QED) is 0.127. The van der Waals surface area contributed by atoms with Crippen molar-refractivity contribution in [3.05, 3.63) is 22.6 Å². The van der Waals surface area contributed by atoms with Crippen molar-refractivity contribution in [3.63, 3.8) is 0 Å². The van der Waals surface area contributed by atoms with Crippen LogP contribution in [0, 0.1) is 0 Å². The van der Waals surface area contributed by atoms with Crippen molar-refractivity contribution in [2.75, 3.05) is 52.8 Å². The molecule has 0 N–H and O–H groups in total. The molecule has 0 atom stereocenters. The minimum absolute atomic E-state index is 0.203. The SMILES string of the molecule is C=C(C)C(=O)OCCOCCOCCOCCN=[N+]=[N-]. The predicted molar refractivity (Wildman–Crippen MR) is 72.2 cm³/mol. The molecule has 0 aliphatic carbocycles. The fraction of sp³-hybridized carbons (Fsp3) is 0.750. The molecule has 0 aromatic carbocycles. The number of nitrogens with zero attached hydrogens (tertiary/aromatic N) is 3. The van der Waals surface area contributed by atoms with Gasteiger partial charge in [-0.2, -0.15) is 0 Å². The van der Waals surface area contributed by atoms with Gasteiger partial charge in [-0.3, -0.25) is 0 Å². The first-order valence-electron chi connectivity index (χ1n) is 6.25. The van der Waals surface area contributed by atoms with Crippen molar-refractivity contribution in [2.45, 2.75) is 6.92 Å². The van der Waals surface area contributed by atoms with Crippen LogP contribution in [0.4, 0.5) is 0 Å². The van der Waals surface area contributed by atoms with E-state index in [4.69, 9.17) is 24.5 Å². The molecule has 114 valence electrons. The topological polar surface area (TPSA) is 103 Å². The van der Waals surface area contributed by atoms with Gasteiger partial charge in [-0.15, -0.1) is 0 Å². The van der Waals surface area contributed by atoms with E-state index in [1.807, 2.05) is 0 Å². The van der Waals surface area contributed by atoms with E-state index >= 15 is 0 Å². The van der Waals surface area contributed by atoms with E-state index in [2.05, 4.69) is 16.6 Å². The zero-order chi connectivity index (χ0) is 15.1. The van der Waals surface area contributed by atoms with Crippen molar-refractivity contribution in [1.29, 1.82) is 0 Å². The van der Waals surface area contributed by atoms with Crippen LogP contribution in [0.5, 0.6) is 0 Å². The third kappa shape index (κ3) is 12.8. The average molecular weight is 287 g/mol. The second-order valence-electron chi connectivity index (χ2n) is 3.71. The summed E-state index contributed by atoms with van der Waals surface area (Å²) in [5.41, 5.74) is 8.39. The highest BCUT2D eigenvalue weighted by atomic mass is 16.6. The van der Waals surface area contributed by atoms with Crippen LogP contribution in [0.1, 0.15) is 6.92 Å². The smallest absolute Gasteiger partial charge is 0.333 e. The number of carbonyl (C=O) groups excluding carboxylic acids is 1. The van der Waals surface area contributed by atoms with Crippen LogP contribution in [0.3, 0.4) is 0 Å². The lowest BCUT2D eigenvalue weighted by atomic mass is 10.4. The molecule has 0 saturated carbocycles. The van der Waals surface area contributed by atoms with Crippen LogP contribution in [-0.4, -0.2) is 58.8 Å². The zero-order valence-electron chi connectivity index (χ0n) is 11.7. The Morgan fingerprint density at radius 1 is 1.05 bits per heavy atom. The summed E-state index contributed by atoms with van der Waals surface area (Å²) in [6.07, 6.45) is 0. The lowest BCUT2D eigenvalue weighted by Crippen LogP contribution is -2.14. The number of esters is 1. The molecule has 0 saturated heterocycles. The Morgan fingerprint density at radius 3 is 2.05 bits per heavy atom. The summed E-state index contributed by atoms with van der Waals surface area (Å²) in [7, 11) is 0. The van der Waals surface area contributed by atoms with Gasteiger partial charge in [0.25, 0.3) is 0 Å². The maximum absolute atomic E-state index is 11.0. The first-order chi connectivity index (χ1) is 9.68. The van der Waals surface area contributed by atoms with Crippen molar-refractivity contribution < 1.29 is 23.7 Å². The number of ether oxygens (including phenoxy) is 4. The molecule has 20 heavy (non-hydrogen) atoms. The molecule has 0 radical (unpaired) electrons. The first-order valence-corrected chi connectivity index (χ1v) is 6.25. The zero-order valence-corrected chi connectivity index (χ0v) is 11.7. The molecule has 0 aliphatic rings. The molecular weight excluding hydrogens is 266 g/mol. The van der Waals surface area contributed by atoms with E-state index in [0.29, 0.717) is 51.8 Å². The van der Waals surface area contributed by atoms with Gasteiger partial charge in [0.05, 0.1) is 39.6 Å². The van der Waals surface area contributed by atoms with Gasteiger partial charge in [0, 0.05) is 17.0 Å². The minimum atomic E-state index is -0.414. The lowest BCUT2D eigenvalue weighted by molar-refractivity contribution is -0.140. The fourth-order valence-electron chi connectivity index (χ4n) is 1.01. The monoisotopic (exact) mass is 287 g/mol. The molecular formula is C12H21N3O5. The second-order valence-corrected chi connectivity index (χ2v) is 3.71. The highest BCUT2D eigenvalue weighted by molar-refractivity contribution is 5.86. The lowest BCUT2D eigenvalue weighted by Gasteiger charge is -2.07. The van der Waals surface area contributed by atoms with Crippen molar-refractivity contribution >= 4 is 5.97 Å². The molecule has 8 heteroatoms. The Morgan fingerprint density at radius 2 is 1.55 bits per heavy atom. The Bertz CT molecular complexity index is 329. The van der Waals surface area contributed by atoms with E-state index in [1.54, 1.807) is 6.92 Å². The van der Waals surface area contributed by atoms with Crippen LogP contribution >= 0.6 is 0 Å². The van der Waals surface area contributed by atoms with Gasteiger partial charge >= 0.3 is 5.97 Å². The second kappa shape index (κ2) is 13.8. The molecule has 0 rings (SSSR count). The van der Waals surface area contributed by atoms with E-state index < -0.39 is 5.97 Å². The van der Waals surface area contributed by atoms with Gasteiger partial charge in [-0.25, -0.2) is 4.79 Å². The van der Waals surface area contributed by atoms with Crippen molar-refractivity contribution in [3.8, 4) is 0 Å². The van der Waals surface area contributed by atoms with Gasteiger partial charge in [0.15, 0.2) is 0 Å². The number of hydrogen-bond acceptors (Lipinski definition) is 6. The molecule has 0 unspecified atom stereocenters. The Balaban J connectivity index is 3.11. The average Bonchev–Trinajstić information content (AvgIpc) is 2.43. The molecule has 0 amide bonds. The Hall–Kier alpha value is -1.60. The van der Waals surface area contributed by atoms with Crippen molar-refractivity contribution in [1.82, 2.24) is 0 Å². The summed E-state index contributed by atoms with van der Waals surface area (Å²) in [6, 6.07) is 0. The number of carbonyl (C=O) groups is 1. The van der Waals surface area contributed by atoms with E-state index in [0.717, 1.165) is 0 Å². The molecule has 8 nitrogen and oxygen atoms in total. The van der Waals surface area contributed by atoms with E-state index in [9.17, 15) is 4.79 Å². The molecule has 0 aromatic rings. The summed E-state index contributed by atoms with van der Waals surface area (Å²) >= 11 is 0. The number of azide groups is 1. The summed E-state index contributed by atoms with van der Waals surface area (Å²) in [6.45, 7) is 8.04.